The van der Waals surface area contributed by atoms with Crippen LogP contribution in [0.5, 0.6) is 0 Å². The third-order valence-electron chi connectivity index (χ3n) is 1.21. The molecule has 0 saturated heterocycles. The van der Waals surface area contributed by atoms with Crippen molar-refractivity contribution in [1.82, 2.24) is 9.78 Å². The molecule has 54 valence electrons. The molecule has 1 atom stereocenters. The highest BCUT2D eigenvalue weighted by atomic mass is 16.3. The van der Waals surface area contributed by atoms with Gasteiger partial charge in [-0.3, -0.25) is 4.68 Å². The van der Waals surface area contributed by atoms with Gasteiger partial charge in [0.1, 0.15) is 0 Å². The minimum Gasteiger partial charge on any atom is -0.387 e. The van der Waals surface area contributed by atoms with E-state index in [2.05, 4.69) is 11.7 Å². The van der Waals surface area contributed by atoms with Crippen LogP contribution in [0.1, 0.15) is 0 Å². The van der Waals surface area contributed by atoms with Crippen LogP contribution in [0.3, 0.4) is 0 Å². The summed E-state index contributed by atoms with van der Waals surface area (Å²) >= 11 is 0. The minimum absolute atomic E-state index is 0.483. The van der Waals surface area contributed by atoms with Crippen LogP contribution in [-0.2, 0) is 6.54 Å². The standard InChI is InChI=1S/C7H10N2O/c1-2-7(10)6-9-5-3-4-8-9/h2-5,7,10H,1,6H2. The largest absolute Gasteiger partial charge is 0.387 e. The molecule has 0 radical (unpaired) electrons. The molecule has 3 nitrogen and oxygen atoms in total. The van der Waals surface area contributed by atoms with E-state index in [0.29, 0.717) is 6.54 Å². The maximum Gasteiger partial charge on any atom is 0.0914 e. The Kier molecular flexibility index (Phi) is 2.23. The van der Waals surface area contributed by atoms with Crippen molar-refractivity contribution in [1.29, 1.82) is 0 Å². The Labute approximate surface area is 59.6 Å². The summed E-state index contributed by atoms with van der Waals surface area (Å²) in [4.78, 5) is 0. The number of aliphatic hydroxyl groups excluding tert-OH is 1. The SMILES string of the molecule is C=CC(O)Cn1cccn1. The second-order valence-corrected chi connectivity index (χ2v) is 2.03. The van der Waals surface area contributed by atoms with E-state index in [1.54, 1.807) is 17.1 Å². The summed E-state index contributed by atoms with van der Waals surface area (Å²) in [7, 11) is 0. The van der Waals surface area contributed by atoms with Gasteiger partial charge < -0.3 is 5.11 Å². The molecule has 0 spiro atoms. The Morgan fingerprint density at radius 2 is 2.60 bits per heavy atom. The third-order valence-corrected chi connectivity index (χ3v) is 1.21. The molecule has 0 aliphatic heterocycles. The normalized spacial score (nSPS) is 12.9. The predicted octanol–water partition coefficient (Wildman–Crippen LogP) is 0.430. The molecule has 0 bridgehead atoms. The first-order valence-electron chi connectivity index (χ1n) is 3.11. The predicted molar refractivity (Wildman–Crippen MR) is 38.4 cm³/mol. The van der Waals surface area contributed by atoms with E-state index in [1.807, 2.05) is 6.07 Å². The average Bonchev–Trinajstić information content (AvgIpc) is 2.40. The van der Waals surface area contributed by atoms with Crippen molar-refractivity contribution in [2.75, 3.05) is 0 Å². The van der Waals surface area contributed by atoms with Crippen molar-refractivity contribution >= 4 is 0 Å². The molecule has 10 heavy (non-hydrogen) atoms. The molecular weight excluding hydrogens is 128 g/mol. The van der Waals surface area contributed by atoms with E-state index in [1.165, 1.54) is 6.08 Å². The van der Waals surface area contributed by atoms with Crippen molar-refractivity contribution in [2.45, 2.75) is 12.6 Å². The van der Waals surface area contributed by atoms with Gasteiger partial charge in [-0.15, -0.1) is 6.58 Å². The summed E-state index contributed by atoms with van der Waals surface area (Å²) in [5, 5.41) is 13.0. The second kappa shape index (κ2) is 3.17. The van der Waals surface area contributed by atoms with Crippen LogP contribution < -0.4 is 0 Å². The lowest BCUT2D eigenvalue weighted by atomic mass is 10.3. The fourth-order valence-corrected chi connectivity index (χ4v) is 0.675. The topological polar surface area (TPSA) is 38.0 Å². The van der Waals surface area contributed by atoms with Gasteiger partial charge in [0.15, 0.2) is 0 Å². The van der Waals surface area contributed by atoms with E-state index in [4.69, 9.17) is 5.11 Å². The fourth-order valence-electron chi connectivity index (χ4n) is 0.675. The van der Waals surface area contributed by atoms with Gasteiger partial charge in [-0.25, -0.2) is 0 Å². The minimum atomic E-state index is -0.500. The molecule has 1 aromatic rings. The Morgan fingerprint density at radius 3 is 3.10 bits per heavy atom. The van der Waals surface area contributed by atoms with Crippen molar-refractivity contribution in [3.05, 3.63) is 31.1 Å². The smallest absolute Gasteiger partial charge is 0.0914 e. The zero-order valence-electron chi connectivity index (χ0n) is 5.64. The highest BCUT2D eigenvalue weighted by molar-refractivity contribution is 4.82. The van der Waals surface area contributed by atoms with E-state index in [-0.39, 0.29) is 0 Å². The van der Waals surface area contributed by atoms with Gasteiger partial charge in [-0.05, 0) is 6.07 Å². The molecule has 0 amide bonds. The van der Waals surface area contributed by atoms with Gasteiger partial charge >= 0.3 is 0 Å². The first-order valence-corrected chi connectivity index (χ1v) is 3.11. The summed E-state index contributed by atoms with van der Waals surface area (Å²) in [5.74, 6) is 0. The second-order valence-electron chi connectivity index (χ2n) is 2.03. The lowest BCUT2D eigenvalue weighted by Crippen LogP contribution is -2.12. The van der Waals surface area contributed by atoms with Gasteiger partial charge in [0.25, 0.3) is 0 Å². The van der Waals surface area contributed by atoms with Crippen molar-refractivity contribution in [3.8, 4) is 0 Å². The molecule has 1 heterocycles. The molecule has 0 aliphatic rings. The molecule has 1 rings (SSSR count). The Balaban J connectivity index is 2.47. The summed E-state index contributed by atoms with van der Waals surface area (Å²) in [6.45, 7) is 3.93. The first-order chi connectivity index (χ1) is 4.83. The number of hydrogen-bond acceptors (Lipinski definition) is 2. The fraction of sp³-hybridized carbons (Fsp3) is 0.286. The Bertz CT molecular complexity index is 193. The van der Waals surface area contributed by atoms with Crippen LogP contribution >= 0.6 is 0 Å². The van der Waals surface area contributed by atoms with Crippen LogP contribution in [0, 0.1) is 0 Å². The molecule has 0 aromatic carbocycles. The molecule has 1 aromatic heterocycles. The van der Waals surface area contributed by atoms with Crippen molar-refractivity contribution in [3.63, 3.8) is 0 Å². The van der Waals surface area contributed by atoms with Gasteiger partial charge in [-0.1, -0.05) is 6.08 Å². The highest BCUT2D eigenvalue weighted by Gasteiger charge is 1.97. The van der Waals surface area contributed by atoms with E-state index in [9.17, 15) is 0 Å². The summed E-state index contributed by atoms with van der Waals surface area (Å²) in [6.07, 6.45) is 4.46. The van der Waals surface area contributed by atoms with Crippen LogP contribution in [0.15, 0.2) is 31.1 Å². The third kappa shape index (κ3) is 1.70. The molecule has 1 unspecified atom stereocenters. The van der Waals surface area contributed by atoms with Crippen LogP contribution in [0.25, 0.3) is 0 Å². The summed E-state index contributed by atoms with van der Waals surface area (Å²) < 4.78 is 1.66. The maximum atomic E-state index is 9.05. The zero-order chi connectivity index (χ0) is 7.40. The molecule has 0 saturated carbocycles. The van der Waals surface area contributed by atoms with E-state index >= 15 is 0 Å². The van der Waals surface area contributed by atoms with Crippen molar-refractivity contribution in [2.24, 2.45) is 0 Å². The Hall–Kier alpha value is -1.09. The van der Waals surface area contributed by atoms with Gasteiger partial charge in [0.05, 0.1) is 12.6 Å². The Morgan fingerprint density at radius 1 is 1.80 bits per heavy atom. The zero-order valence-corrected chi connectivity index (χ0v) is 5.64. The molecule has 1 N–H and O–H groups in total. The molecule has 3 heteroatoms. The van der Waals surface area contributed by atoms with Crippen LogP contribution in [0.4, 0.5) is 0 Å². The molecular formula is C7H10N2O. The quantitative estimate of drug-likeness (QED) is 0.615. The monoisotopic (exact) mass is 138 g/mol. The number of aromatic nitrogens is 2. The molecule has 0 aliphatic carbocycles. The number of hydrogen-bond donors (Lipinski definition) is 1. The van der Waals surface area contributed by atoms with Crippen molar-refractivity contribution < 1.29 is 5.11 Å². The van der Waals surface area contributed by atoms with E-state index < -0.39 is 6.10 Å². The highest BCUT2D eigenvalue weighted by Crippen LogP contribution is 1.90. The van der Waals surface area contributed by atoms with Gasteiger partial charge in [0, 0.05) is 12.4 Å². The lowest BCUT2D eigenvalue weighted by molar-refractivity contribution is 0.196. The number of aliphatic hydroxyl groups is 1. The summed E-state index contributed by atoms with van der Waals surface area (Å²) in [5.41, 5.74) is 0. The van der Waals surface area contributed by atoms with Gasteiger partial charge in [-0.2, -0.15) is 5.10 Å². The average molecular weight is 138 g/mol. The lowest BCUT2D eigenvalue weighted by Gasteiger charge is -2.03. The number of nitrogens with zero attached hydrogens (tertiary/aromatic N) is 2. The van der Waals surface area contributed by atoms with E-state index in [0.717, 1.165) is 0 Å². The molecule has 0 fully saturated rings. The number of rotatable bonds is 3. The van der Waals surface area contributed by atoms with Crippen LogP contribution in [-0.4, -0.2) is 21.0 Å². The van der Waals surface area contributed by atoms with Crippen LogP contribution in [0.2, 0.25) is 0 Å². The first kappa shape index (κ1) is 7.02. The summed E-state index contributed by atoms with van der Waals surface area (Å²) in [6, 6.07) is 1.82. The maximum absolute atomic E-state index is 9.05. The van der Waals surface area contributed by atoms with Gasteiger partial charge in [0.2, 0.25) is 0 Å².